The van der Waals surface area contributed by atoms with Crippen LogP contribution in [0.15, 0.2) is 23.1 Å². The van der Waals surface area contributed by atoms with E-state index >= 15 is 0 Å². The fourth-order valence-corrected chi connectivity index (χ4v) is 5.10. The van der Waals surface area contributed by atoms with Crippen LogP contribution in [0, 0.1) is 0 Å². The van der Waals surface area contributed by atoms with Gasteiger partial charge in [0.25, 0.3) is 0 Å². The van der Waals surface area contributed by atoms with Crippen molar-refractivity contribution in [1.82, 2.24) is 19.1 Å². The Balaban J connectivity index is 1.71. The third-order valence-electron chi connectivity index (χ3n) is 4.95. The van der Waals surface area contributed by atoms with Gasteiger partial charge < -0.3 is 14.0 Å². The molecule has 8 nitrogen and oxygen atoms in total. The average Bonchev–Trinajstić information content (AvgIpc) is 3.40. The second-order valence-electron chi connectivity index (χ2n) is 6.78. The highest BCUT2D eigenvalue weighted by Crippen LogP contribution is 2.41. The van der Waals surface area contributed by atoms with Crippen molar-refractivity contribution in [2.45, 2.75) is 43.2 Å². The Bertz CT molecular complexity index is 936. The summed E-state index contributed by atoms with van der Waals surface area (Å²) >= 11 is 0. The molecule has 4 rings (SSSR count). The highest BCUT2D eigenvalue weighted by Gasteiger charge is 2.38. The van der Waals surface area contributed by atoms with Crippen LogP contribution in [-0.2, 0) is 16.6 Å². The summed E-state index contributed by atoms with van der Waals surface area (Å²) in [5, 5.41) is 8.56. The summed E-state index contributed by atoms with van der Waals surface area (Å²) in [6.07, 6.45) is 2.27. The maximum atomic E-state index is 13.3. The molecule has 2 aliphatic rings. The number of hydrogen-bond acceptors (Lipinski definition) is 6. The number of nitrogens with zero attached hydrogens (tertiary/aromatic N) is 4. The minimum absolute atomic E-state index is 0.0178. The third-order valence-corrected chi connectivity index (χ3v) is 6.78. The van der Waals surface area contributed by atoms with E-state index in [-0.39, 0.29) is 17.5 Å². The number of aromatic nitrogens is 3. The fourth-order valence-electron chi connectivity index (χ4n) is 3.45. The lowest BCUT2D eigenvalue weighted by Gasteiger charge is -2.32. The molecule has 1 aliphatic heterocycles. The van der Waals surface area contributed by atoms with E-state index in [0.29, 0.717) is 29.8 Å². The van der Waals surface area contributed by atoms with E-state index < -0.39 is 10.0 Å². The van der Waals surface area contributed by atoms with Crippen molar-refractivity contribution in [1.29, 1.82) is 0 Å². The molecule has 1 aliphatic carbocycles. The molecule has 2 aromatic rings. The molecule has 0 spiro atoms. The quantitative estimate of drug-likeness (QED) is 0.790. The lowest BCUT2D eigenvalue weighted by molar-refractivity contribution is 0.286. The number of sulfonamides is 1. The Hall–Kier alpha value is -2.13. The molecule has 0 amide bonds. The molecule has 26 heavy (non-hydrogen) atoms. The number of fused-ring (bicyclic) bond motifs is 1. The molecule has 0 bridgehead atoms. The van der Waals surface area contributed by atoms with Crippen molar-refractivity contribution in [3.63, 3.8) is 0 Å². The van der Waals surface area contributed by atoms with Crippen molar-refractivity contribution in [2.75, 3.05) is 20.8 Å². The van der Waals surface area contributed by atoms with E-state index in [1.807, 2.05) is 6.92 Å². The molecule has 1 aromatic carbocycles. The zero-order valence-electron chi connectivity index (χ0n) is 15.0. The highest BCUT2D eigenvalue weighted by atomic mass is 32.2. The third kappa shape index (κ3) is 2.75. The van der Waals surface area contributed by atoms with Gasteiger partial charge in [0.1, 0.15) is 28.0 Å². The summed E-state index contributed by atoms with van der Waals surface area (Å²) in [6, 6.07) is 4.76. The van der Waals surface area contributed by atoms with Crippen LogP contribution in [-0.4, -0.2) is 48.3 Å². The zero-order valence-corrected chi connectivity index (χ0v) is 15.9. The van der Waals surface area contributed by atoms with E-state index in [0.717, 1.165) is 18.7 Å². The van der Waals surface area contributed by atoms with E-state index in [4.69, 9.17) is 9.47 Å². The first-order chi connectivity index (χ1) is 12.5. The lowest BCUT2D eigenvalue weighted by Crippen LogP contribution is -2.40. The van der Waals surface area contributed by atoms with Crippen LogP contribution in [0.3, 0.4) is 0 Å². The van der Waals surface area contributed by atoms with Crippen molar-refractivity contribution in [2.24, 2.45) is 0 Å². The van der Waals surface area contributed by atoms with Gasteiger partial charge in [0.05, 0.1) is 20.8 Å². The van der Waals surface area contributed by atoms with Crippen LogP contribution in [0.25, 0.3) is 0 Å². The van der Waals surface area contributed by atoms with Crippen molar-refractivity contribution >= 4 is 10.0 Å². The predicted molar refractivity (Wildman–Crippen MR) is 93.8 cm³/mol. The Kier molecular flexibility index (Phi) is 4.15. The van der Waals surface area contributed by atoms with Crippen LogP contribution < -0.4 is 9.47 Å². The smallest absolute Gasteiger partial charge is 0.247 e. The van der Waals surface area contributed by atoms with Gasteiger partial charge in [0, 0.05) is 24.6 Å². The summed E-state index contributed by atoms with van der Waals surface area (Å²) in [5.74, 6) is 2.91. The van der Waals surface area contributed by atoms with Gasteiger partial charge in [-0.1, -0.05) is 0 Å². The second-order valence-corrected chi connectivity index (χ2v) is 8.69. The molecule has 140 valence electrons. The van der Waals surface area contributed by atoms with Gasteiger partial charge in [-0.05, 0) is 31.9 Å². The molecule has 1 atom stereocenters. The number of methoxy groups -OCH3 is 2. The Labute approximate surface area is 152 Å². The standard InChI is InChI=1S/C17H22N4O4S/c1-11-9-20(10-16-18-19-17(21(11)16)12-4-5-12)26(22,23)15-8-13(24-2)6-7-14(15)25-3/h6-8,11-12H,4-5,9-10H2,1-3H3/t11-/m0/s1. The highest BCUT2D eigenvalue weighted by molar-refractivity contribution is 7.89. The molecule has 0 radical (unpaired) electrons. The molecular weight excluding hydrogens is 356 g/mol. The number of rotatable bonds is 5. The number of benzene rings is 1. The van der Waals surface area contributed by atoms with Crippen molar-refractivity contribution < 1.29 is 17.9 Å². The summed E-state index contributed by atoms with van der Waals surface area (Å²) in [5.41, 5.74) is 0. The normalized spacial score (nSPS) is 20.7. The van der Waals surface area contributed by atoms with Gasteiger partial charge in [-0.15, -0.1) is 10.2 Å². The first-order valence-electron chi connectivity index (χ1n) is 8.61. The lowest BCUT2D eigenvalue weighted by atomic mass is 10.2. The molecule has 9 heteroatoms. The SMILES string of the molecule is COc1ccc(OC)c(S(=O)(=O)N2Cc3nnc(C4CC4)n3[C@@H](C)C2)c1. The summed E-state index contributed by atoms with van der Waals surface area (Å²) in [7, 11) is -0.802. The summed E-state index contributed by atoms with van der Waals surface area (Å²) in [4.78, 5) is 0.0990. The summed E-state index contributed by atoms with van der Waals surface area (Å²) < 4.78 is 40.6. The number of ether oxygens (including phenoxy) is 2. The second kappa shape index (κ2) is 6.24. The van der Waals surface area contributed by atoms with Crippen LogP contribution >= 0.6 is 0 Å². The minimum Gasteiger partial charge on any atom is -0.497 e. The van der Waals surface area contributed by atoms with Gasteiger partial charge in [0.15, 0.2) is 0 Å². The molecule has 1 aromatic heterocycles. The average molecular weight is 378 g/mol. The van der Waals surface area contributed by atoms with Gasteiger partial charge in [-0.2, -0.15) is 4.31 Å². The van der Waals surface area contributed by atoms with Crippen LogP contribution in [0.1, 0.15) is 43.4 Å². The molecule has 0 N–H and O–H groups in total. The number of hydrogen-bond donors (Lipinski definition) is 0. The van der Waals surface area contributed by atoms with Gasteiger partial charge in [-0.3, -0.25) is 0 Å². The van der Waals surface area contributed by atoms with E-state index in [9.17, 15) is 8.42 Å². The minimum atomic E-state index is -3.76. The Morgan fingerprint density at radius 1 is 1.15 bits per heavy atom. The van der Waals surface area contributed by atoms with Crippen LogP contribution in [0.5, 0.6) is 11.5 Å². The predicted octanol–water partition coefficient (Wildman–Crippen LogP) is 1.94. The van der Waals surface area contributed by atoms with Crippen molar-refractivity contribution in [3.05, 3.63) is 29.8 Å². The van der Waals surface area contributed by atoms with Crippen LogP contribution in [0.4, 0.5) is 0 Å². The molecule has 0 saturated heterocycles. The monoisotopic (exact) mass is 378 g/mol. The van der Waals surface area contributed by atoms with Gasteiger partial charge >= 0.3 is 0 Å². The largest absolute Gasteiger partial charge is 0.497 e. The van der Waals surface area contributed by atoms with Crippen molar-refractivity contribution in [3.8, 4) is 11.5 Å². The first kappa shape index (κ1) is 17.3. The Morgan fingerprint density at radius 2 is 1.92 bits per heavy atom. The summed E-state index contributed by atoms with van der Waals surface area (Å²) in [6.45, 7) is 2.57. The topological polar surface area (TPSA) is 86.6 Å². The fraction of sp³-hybridized carbons (Fsp3) is 0.529. The van der Waals surface area contributed by atoms with E-state index in [1.54, 1.807) is 12.1 Å². The first-order valence-corrected chi connectivity index (χ1v) is 10.1. The van der Waals surface area contributed by atoms with Gasteiger partial charge in [0.2, 0.25) is 10.0 Å². The van der Waals surface area contributed by atoms with Gasteiger partial charge in [-0.25, -0.2) is 8.42 Å². The molecular formula is C17H22N4O4S. The Morgan fingerprint density at radius 3 is 2.58 bits per heavy atom. The molecule has 1 saturated carbocycles. The maximum absolute atomic E-state index is 13.3. The maximum Gasteiger partial charge on any atom is 0.247 e. The zero-order chi connectivity index (χ0) is 18.5. The molecule has 2 heterocycles. The van der Waals surface area contributed by atoms with E-state index in [1.165, 1.54) is 24.6 Å². The molecule has 0 unspecified atom stereocenters. The van der Waals surface area contributed by atoms with Crippen LogP contribution in [0.2, 0.25) is 0 Å². The van der Waals surface area contributed by atoms with E-state index in [2.05, 4.69) is 14.8 Å². The molecule has 1 fully saturated rings.